The normalized spacial score (nSPS) is 10.6. The average Bonchev–Trinajstić information content (AvgIpc) is 2.36. The maximum atomic E-state index is 11.3. The SMILES string of the molecule is CCc1nnc(NC(=O)/C=C/C(=O)O)nc1CC. The van der Waals surface area contributed by atoms with Gasteiger partial charge in [-0.1, -0.05) is 13.8 Å². The van der Waals surface area contributed by atoms with E-state index in [1.807, 2.05) is 13.8 Å². The van der Waals surface area contributed by atoms with E-state index in [2.05, 4.69) is 20.5 Å². The third-order valence-corrected chi connectivity index (χ3v) is 2.12. The van der Waals surface area contributed by atoms with Gasteiger partial charge in [-0.3, -0.25) is 10.1 Å². The van der Waals surface area contributed by atoms with Crippen LogP contribution in [0.2, 0.25) is 0 Å². The highest BCUT2D eigenvalue weighted by Crippen LogP contribution is 2.06. The molecule has 1 aromatic heterocycles. The van der Waals surface area contributed by atoms with E-state index in [0.29, 0.717) is 6.42 Å². The molecular weight excluding hydrogens is 236 g/mol. The van der Waals surface area contributed by atoms with E-state index in [1.165, 1.54) is 0 Å². The summed E-state index contributed by atoms with van der Waals surface area (Å²) in [7, 11) is 0. The Morgan fingerprint density at radius 3 is 2.39 bits per heavy atom. The summed E-state index contributed by atoms with van der Waals surface area (Å²) in [6, 6.07) is 0. The summed E-state index contributed by atoms with van der Waals surface area (Å²) in [4.78, 5) is 25.7. The second-order valence-electron chi connectivity index (χ2n) is 3.40. The lowest BCUT2D eigenvalue weighted by Crippen LogP contribution is -2.14. The molecule has 0 saturated heterocycles. The van der Waals surface area contributed by atoms with Crippen molar-refractivity contribution >= 4 is 17.8 Å². The van der Waals surface area contributed by atoms with E-state index in [-0.39, 0.29) is 5.95 Å². The average molecular weight is 250 g/mol. The molecule has 96 valence electrons. The molecule has 0 atom stereocenters. The molecule has 0 fully saturated rings. The quantitative estimate of drug-likeness (QED) is 0.740. The number of carboxylic acid groups (broad SMARTS) is 1. The Balaban J connectivity index is 2.79. The molecule has 1 rings (SSSR count). The predicted molar refractivity (Wildman–Crippen MR) is 64.0 cm³/mol. The van der Waals surface area contributed by atoms with Crippen LogP contribution in [0, 0.1) is 0 Å². The van der Waals surface area contributed by atoms with Crippen molar-refractivity contribution in [3.8, 4) is 0 Å². The summed E-state index contributed by atoms with van der Waals surface area (Å²) < 4.78 is 0. The van der Waals surface area contributed by atoms with Crippen molar-refractivity contribution in [3.05, 3.63) is 23.5 Å². The van der Waals surface area contributed by atoms with E-state index in [1.54, 1.807) is 0 Å². The molecule has 0 aliphatic rings. The van der Waals surface area contributed by atoms with Crippen LogP contribution in [0.4, 0.5) is 5.95 Å². The van der Waals surface area contributed by atoms with Crippen molar-refractivity contribution in [2.45, 2.75) is 26.7 Å². The molecule has 2 N–H and O–H groups in total. The molecule has 1 heterocycles. The first-order valence-electron chi connectivity index (χ1n) is 5.51. The summed E-state index contributed by atoms with van der Waals surface area (Å²) in [5.74, 6) is -1.73. The Labute approximate surface area is 104 Å². The number of nitrogens with one attached hydrogen (secondary N) is 1. The van der Waals surface area contributed by atoms with Gasteiger partial charge in [0.2, 0.25) is 5.95 Å². The summed E-state index contributed by atoms with van der Waals surface area (Å²) in [6.07, 6.45) is 3.04. The van der Waals surface area contributed by atoms with Crippen LogP contribution in [-0.2, 0) is 22.4 Å². The van der Waals surface area contributed by atoms with Gasteiger partial charge in [0.05, 0.1) is 11.4 Å². The van der Waals surface area contributed by atoms with Gasteiger partial charge in [0.15, 0.2) is 0 Å². The molecule has 0 unspecified atom stereocenters. The fourth-order valence-electron chi connectivity index (χ4n) is 1.29. The first-order chi connectivity index (χ1) is 8.56. The van der Waals surface area contributed by atoms with Crippen LogP contribution < -0.4 is 5.32 Å². The van der Waals surface area contributed by atoms with Gasteiger partial charge in [-0.25, -0.2) is 9.78 Å². The van der Waals surface area contributed by atoms with Crippen LogP contribution in [0.25, 0.3) is 0 Å². The molecule has 7 nitrogen and oxygen atoms in total. The number of aromatic nitrogens is 3. The molecule has 0 spiro atoms. The van der Waals surface area contributed by atoms with Crippen molar-refractivity contribution in [2.24, 2.45) is 0 Å². The number of carbonyl (C=O) groups is 2. The molecule has 0 aromatic carbocycles. The molecule has 0 bridgehead atoms. The second-order valence-corrected chi connectivity index (χ2v) is 3.40. The molecule has 0 aliphatic heterocycles. The van der Waals surface area contributed by atoms with Gasteiger partial charge in [0, 0.05) is 12.2 Å². The molecule has 0 radical (unpaired) electrons. The van der Waals surface area contributed by atoms with Crippen molar-refractivity contribution in [3.63, 3.8) is 0 Å². The van der Waals surface area contributed by atoms with Crippen molar-refractivity contribution in [1.82, 2.24) is 15.2 Å². The lowest BCUT2D eigenvalue weighted by molar-refractivity contribution is -0.131. The van der Waals surface area contributed by atoms with Gasteiger partial charge >= 0.3 is 5.97 Å². The first kappa shape index (κ1) is 13.8. The van der Waals surface area contributed by atoms with Gasteiger partial charge in [-0.15, -0.1) is 10.2 Å². The maximum absolute atomic E-state index is 11.3. The van der Waals surface area contributed by atoms with Crippen LogP contribution in [-0.4, -0.2) is 32.2 Å². The minimum absolute atomic E-state index is 0.0732. The number of aliphatic carboxylic acids is 1. The second kappa shape index (κ2) is 6.43. The van der Waals surface area contributed by atoms with Crippen LogP contribution in [0.15, 0.2) is 12.2 Å². The Hall–Kier alpha value is -2.31. The summed E-state index contributed by atoms with van der Waals surface area (Å²) in [5, 5.41) is 18.4. The third-order valence-electron chi connectivity index (χ3n) is 2.12. The highest BCUT2D eigenvalue weighted by Gasteiger charge is 2.07. The number of nitrogens with zero attached hydrogens (tertiary/aromatic N) is 3. The summed E-state index contributed by atoms with van der Waals surface area (Å²) >= 11 is 0. The van der Waals surface area contributed by atoms with Gasteiger partial charge in [-0.05, 0) is 12.8 Å². The number of anilines is 1. The number of hydrogen-bond acceptors (Lipinski definition) is 5. The Morgan fingerprint density at radius 1 is 1.17 bits per heavy atom. The van der Waals surface area contributed by atoms with Crippen LogP contribution in [0.5, 0.6) is 0 Å². The smallest absolute Gasteiger partial charge is 0.328 e. The monoisotopic (exact) mass is 250 g/mol. The molecule has 7 heteroatoms. The molecular formula is C11H14N4O3. The van der Waals surface area contributed by atoms with Crippen LogP contribution in [0.3, 0.4) is 0 Å². The van der Waals surface area contributed by atoms with Gasteiger partial charge in [-0.2, -0.15) is 0 Å². The first-order valence-corrected chi connectivity index (χ1v) is 5.51. The largest absolute Gasteiger partial charge is 0.478 e. The minimum Gasteiger partial charge on any atom is -0.478 e. The zero-order valence-corrected chi connectivity index (χ0v) is 10.2. The summed E-state index contributed by atoms with van der Waals surface area (Å²) in [6.45, 7) is 3.87. The van der Waals surface area contributed by atoms with E-state index >= 15 is 0 Å². The summed E-state index contributed by atoms with van der Waals surface area (Å²) in [5.41, 5.74) is 1.56. The zero-order chi connectivity index (χ0) is 13.5. The Kier molecular flexibility index (Phi) is 4.91. The van der Waals surface area contributed by atoms with E-state index < -0.39 is 11.9 Å². The van der Waals surface area contributed by atoms with Crippen molar-refractivity contribution in [2.75, 3.05) is 5.32 Å². The zero-order valence-electron chi connectivity index (χ0n) is 10.2. The minimum atomic E-state index is -1.19. The van der Waals surface area contributed by atoms with Crippen molar-refractivity contribution < 1.29 is 14.7 Å². The van der Waals surface area contributed by atoms with Crippen LogP contribution in [0.1, 0.15) is 25.2 Å². The maximum Gasteiger partial charge on any atom is 0.328 e. The number of aryl methyl sites for hydroxylation is 2. The van der Waals surface area contributed by atoms with Gasteiger partial charge < -0.3 is 5.11 Å². The van der Waals surface area contributed by atoms with E-state index in [0.717, 1.165) is 30.0 Å². The molecule has 0 aliphatic carbocycles. The fraction of sp³-hybridized carbons (Fsp3) is 0.364. The lowest BCUT2D eigenvalue weighted by Gasteiger charge is -2.05. The number of carbonyl (C=O) groups excluding carboxylic acids is 1. The molecule has 0 saturated carbocycles. The molecule has 18 heavy (non-hydrogen) atoms. The third kappa shape index (κ3) is 3.93. The molecule has 1 aromatic rings. The topological polar surface area (TPSA) is 105 Å². The highest BCUT2D eigenvalue weighted by molar-refractivity contribution is 6.01. The van der Waals surface area contributed by atoms with Gasteiger partial charge in [0.1, 0.15) is 0 Å². The Bertz CT molecular complexity index is 485. The fourth-order valence-corrected chi connectivity index (χ4v) is 1.29. The number of carboxylic acids is 1. The highest BCUT2D eigenvalue weighted by atomic mass is 16.4. The number of rotatable bonds is 5. The van der Waals surface area contributed by atoms with Crippen molar-refractivity contribution in [1.29, 1.82) is 0 Å². The Morgan fingerprint density at radius 2 is 1.83 bits per heavy atom. The number of amides is 1. The number of hydrogen-bond donors (Lipinski definition) is 2. The van der Waals surface area contributed by atoms with Gasteiger partial charge in [0.25, 0.3) is 5.91 Å². The lowest BCUT2D eigenvalue weighted by atomic mass is 10.2. The van der Waals surface area contributed by atoms with E-state index in [4.69, 9.17) is 5.11 Å². The predicted octanol–water partition coefficient (Wildman–Crippen LogP) is 0.576. The van der Waals surface area contributed by atoms with E-state index in [9.17, 15) is 9.59 Å². The standard InChI is InChI=1S/C11H14N4O3/c1-3-7-8(4-2)14-15-11(12-7)13-9(16)5-6-10(17)18/h5-6H,3-4H2,1-2H3,(H,17,18)(H,12,13,15,16)/b6-5+. The van der Waals surface area contributed by atoms with Crippen LogP contribution >= 0.6 is 0 Å². The molecule has 1 amide bonds.